The molecule has 1 amide bonds. The summed E-state index contributed by atoms with van der Waals surface area (Å²) in [4.78, 5) is 11.9. The standard InChI is InChI=1S/C14H16N2O2/c1-3-10-5-7-13(18-10)14(17)16-12-6-4-9(2)8-11(12)15/h4-8H,3,15H2,1-2H3,(H,16,17). The Labute approximate surface area is 106 Å². The molecule has 1 heterocycles. The van der Waals surface area contributed by atoms with Gasteiger partial charge in [0.15, 0.2) is 5.76 Å². The summed E-state index contributed by atoms with van der Waals surface area (Å²) in [7, 11) is 0. The fourth-order valence-electron chi connectivity index (χ4n) is 1.67. The van der Waals surface area contributed by atoms with E-state index in [0.717, 1.165) is 17.7 Å². The molecule has 94 valence electrons. The largest absolute Gasteiger partial charge is 0.456 e. The first-order chi connectivity index (χ1) is 8.60. The van der Waals surface area contributed by atoms with Crippen LogP contribution in [-0.4, -0.2) is 5.91 Å². The van der Waals surface area contributed by atoms with E-state index >= 15 is 0 Å². The van der Waals surface area contributed by atoms with Crippen molar-refractivity contribution >= 4 is 17.3 Å². The molecule has 18 heavy (non-hydrogen) atoms. The number of carbonyl (C=O) groups excluding carboxylic acids is 1. The monoisotopic (exact) mass is 244 g/mol. The van der Waals surface area contributed by atoms with Gasteiger partial charge in [0, 0.05) is 6.42 Å². The first-order valence-corrected chi connectivity index (χ1v) is 5.86. The van der Waals surface area contributed by atoms with Crippen LogP contribution in [0.25, 0.3) is 0 Å². The summed E-state index contributed by atoms with van der Waals surface area (Å²) in [6, 6.07) is 8.96. The van der Waals surface area contributed by atoms with Gasteiger partial charge in [0.05, 0.1) is 11.4 Å². The highest BCUT2D eigenvalue weighted by Crippen LogP contribution is 2.20. The lowest BCUT2D eigenvalue weighted by Gasteiger charge is -2.07. The van der Waals surface area contributed by atoms with Crippen LogP contribution < -0.4 is 11.1 Å². The van der Waals surface area contributed by atoms with Crippen LogP contribution in [0.5, 0.6) is 0 Å². The van der Waals surface area contributed by atoms with E-state index in [2.05, 4.69) is 5.32 Å². The van der Waals surface area contributed by atoms with E-state index < -0.39 is 0 Å². The highest BCUT2D eigenvalue weighted by atomic mass is 16.3. The second-order valence-electron chi connectivity index (χ2n) is 4.16. The molecule has 2 rings (SSSR count). The minimum absolute atomic E-state index is 0.287. The molecule has 4 nitrogen and oxygen atoms in total. The number of nitrogen functional groups attached to an aromatic ring is 1. The van der Waals surface area contributed by atoms with Gasteiger partial charge in [0.25, 0.3) is 5.91 Å². The molecule has 1 aromatic carbocycles. The van der Waals surface area contributed by atoms with Crippen molar-refractivity contribution in [3.63, 3.8) is 0 Å². The van der Waals surface area contributed by atoms with Crippen molar-refractivity contribution in [3.8, 4) is 0 Å². The molecule has 2 aromatic rings. The van der Waals surface area contributed by atoms with E-state index in [1.54, 1.807) is 18.2 Å². The number of hydrogen-bond donors (Lipinski definition) is 2. The molecule has 1 aromatic heterocycles. The molecule has 0 saturated heterocycles. The number of aryl methyl sites for hydroxylation is 2. The average Bonchev–Trinajstić information content (AvgIpc) is 2.81. The Kier molecular flexibility index (Phi) is 3.37. The molecule has 4 heteroatoms. The maximum Gasteiger partial charge on any atom is 0.291 e. The summed E-state index contributed by atoms with van der Waals surface area (Å²) in [5.74, 6) is 0.800. The molecule has 0 spiro atoms. The summed E-state index contributed by atoms with van der Waals surface area (Å²) >= 11 is 0. The Morgan fingerprint density at radius 3 is 2.72 bits per heavy atom. The van der Waals surface area contributed by atoms with Crippen LogP contribution in [0.2, 0.25) is 0 Å². The number of rotatable bonds is 3. The van der Waals surface area contributed by atoms with Crippen LogP contribution in [0.15, 0.2) is 34.7 Å². The Balaban J connectivity index is 2.16. The maximum absolute atomic E-state index is 11.9. The van der Waals surface area contributed by atoms with E-state index in [1.165, 1.54) is 0 Å². The molecule has 0 aliphatic carbocycles. The number of nitrogens with two attached hydrogens (primary N) is 1. The van der Waals surface area contributed by atoms with Gasteiger partial charge in [0.2, 0.25) is 0 Å². The van der Waals surface area contributed by atoms with Gasteiger partial charge in [-0.05, 0) is 36.8 Å². The predicted octanol–water partition coefficient (Wildman–Crippen LogP) is 2.98. The normalized spacial score (nSPS) is 10.3. The van der Waals surface area contributed by atoms with Crippen LogP contribution in [0.3, 0.4) is 0 Å². The summed E-state index contributed by atoms with van der Waals surface area (Å²) in [5.41, 5.74) is 8.03. The number of amides is 1. The zero-order valence-corrected chi connectivity index (χ0v) is 10.5. The summed E-state index contributed by atoms with van der Waals surface area (Å²) in [6.45, 7) is 3.92. The fraction of sp³-hybridized carbons (Fsp3) is 0.214. The number of hydrogen-bond acceptors (Lipinski definition) is 3. The lowest BCUT2D eigenvalue weighted by atomic mass is 10.2. The molecule has 0 atom stereocenters. The van der Waals surface area contributed by atoms with Crippen molar-refractivity contribution in [2.24, 2.45) is 0 Å². The third-order valence-corrected chi connectivity index (χ3v) is 2.69. The number of furan rings is 1. The number of benzene rings is 1. The Bertz CT molecular complexity index is 573. The summed E-state index contributed by atoms with van der Waals surface area (Å²) in [5, 5.41) is 2.73. The average molecular weight is 244 g/mol. The van der Waals surface area contributed by atoms with E-state index in [1.807, 2.05) is 26.0 Å². The van der Waals surface area contributed by atoms with Gasteiger partial charge >= 0.3 is 0 Å². The van der Waals surface area contributed by atoms with Crippen LogP contribution >= 0.6 is 0 Å². The van der Waals surface area contributed by atoms with E-state index in [-0.39, 0.29) is 5.91 Å². The van der Waals surface area contributed by atoms with Gasteiger partial charge in [-0.2, -0.15) is 0 Å². The van der Waals surface area contributed by atoms with Gasteiger partial charge in [-0.1, -0.05) is 13.0 Å². The molecule has 0 bridgehead atoms. The minimum Gasteiger partial charge on any atom is -0.456 e. The van der Waals surface area contributed by atoms with Crippen molar-refractivity contribution in [3.05, 3.63) is 47.4 Å². The number of nitrogens with one attached hydrogen (secondary N) is 1. The molecule has 3 N–H and O–H groups in total. The van der Waals surface area contributed by atoms with Gasteiger partial charge < -0.3 is 15.5 Å². The van der Waals surface area contributed by atoms with Crippen LogP contribution in [0.4, 0.5) is 11.4 Å². The predicted molar refractivity (Wildman–Crippen MR) is 71.6 cm³/mol. The third-order valence-electron chi connectivity index (χ3n) is 2.69. The highest BCUT2D eigenvalue weighted by molar-refractivity contribution is 6.03. The Morgan fingerprint density at radius 1 is 1.33 bits per heavy atom. The van der Waals surface area contributed by atoms with Crippen molar-refractivity contribution in [1.82, 2.24) is 0 Å². The van der Waals surface area contributed by atoms with Gasteiger partial charge in [0.1, 0.15) is 5.76 Å². The molecule has 0 saturated carbocycles. The van der Waals surface area contributed by atoms with Crippen molar-refractivity contribution < 1.29 is 9.21 Å². The molecule has 0 aliphatic rings. The molecule has 0 fully saturated rings. The first kappa shape index (κ1) is 12.2. The van der Waals surface area contributed by atoms with Crippen LogP contribution in [0, 0.1) is 6.92 Å². The second-order valence-corrected chi connectivity index (χ2v) is 4.16. The maximum atomic E-state index is 11.9. The van der Waals surface area contributed by atoms with Gasteiger partial charge in [-0.3, -0.25) is 4.79 Å². The molecular formula is C14H16N2O2. The molecule has 0 unspecified atom stereocenters. The quantitative estimate of drug-likeness (QED) is 0.815. The fourth-order valence-corrected chi connectivity index (χ4v) is 1.67. The first-order valence-electron chi connectivity index (χ1n) is 5.86. The van der Waals surface area contributed by atoms with Gasteiger partial charge in [-0.15, -0.1) is 0 Å². The van der Waals surface area contributed by atoms with Crippen molar-refractivity contribution in [2.75, 3.05) is 11.1 Å². The van der Waals surface area contributed by atoms with E-state index in [4.69, 9.17) is 10.2 Å². The molecular weight excluding hydrogens is 228 g/mol. The Morgan fingerprint density at radius 2 is 2.11 bits per heavy atom. The molecule has 0 radical (unpaired) electrons. The van der Waals surface area contributed by atoms with E-state index in [0.29, 0.717) is 17.1 Å². The zero-order valence-electron chi connectivity index (χ0n) is 10.5. The van der Waals surface area contributed by atoms with Crippen LogP contribution in [0.1, 0.15) is 28.8 Å². The lowest BCUT2D eigenvalue weighted by molar-refractivity contribution is 0.0995. The minimum atomic E-state index is -0.287. The third kappa shape index (κ3) is 2.53. The molecule has 0 aliphatic heterocycles. The zero-order chi connectivity index (χ0) is 13.1. The summed E-state index contributed by atoms with van der Waals surface area (Å²) in [6.07, 6.45) is 0.764. The SMILES string of the molecule is CCc1ccc(C(=O)Nc2ccc(C)cc2N)o1. The van der Waals surface area contributed by atoms with E-state index in [9.17, 15) is 4.79 Å². The Hall–Kier alpha value is -2.23. The van der Waals surface area contributed by atoms with Gasteiger partial charge in [-0.25, -0.2) is 0 Å². The second kappa shape index (κ2) is 4.96. The van der Waals surface area contributed by atoms with Crippen molar-refractivity contribution in [1.29, 1.82) is 0 Å². The van der Waals surface area contributed by atoms with Crippen molar-refractivity contribution in [2.45, 2.75) is 20.3 Å². The smallest absolute Gasteiger partial charge is 0.291 e. The summed E-state index contributed by atoms with van der Waals surface area (Å²) < 4.78 is 5.38. The highest BCUT2D eigenvalue weighted by Gasteiger charge is 2.12. The number of carbonyl (C=O) groups is 1. The van der Waals surface area contributed by atoms with Crippen LogP contribution in [-0.2, 0) is 6.42 Å². The lowest BCUT2D eigenvalue weighted by Crippen LogP contribution is -2.12. The number of anilines is 2. The topological polar surface area (TPSA) is 68.3 Å².